The summed E-state index contributed by atoms with van der Waals surface area (Å²) in [5.41, 5.74) is 1.06. The molecule has 0 aliphatic heterocycles. The molecule has 0 saturated heterocycles. The van der Waals surface area contributed by atoms with Crippen LogP contribution in [0.15, 0.2) is 24.5 Å². The lowest BCUT2D eigenvalue weighted by Gasteiger charge is -1.98. The van der Waals surface area contributed by atoms with Crippen molar-refractivity contribution >= 4 is 5.97 Å². The molecule has 0 amide bonds. The van der Waals surface area contributed by atoms with Crippen LogP contribution in [0.4, 0.5) is 0 Å². The predicted octanol–water partition coefficient (Wildman–Crippen LogP) is 2.81. The van der Waals surface area contributed by atoms with Crippen LogP contribution in [0, 0.1) is 0 Å². The zero-order chi connectivity index (χ0) is 9.40. The Labute approximate surface area is 73.9 Å². The second-order valence-corrected chi connectivity index (χ2v) is 2.67. The summed E-state index contributed by atoms with van der Waals surface area (Å²) >= 11 is 0. The predicted molar refractivity (Wildman–Crippen MR) is 49.6 cm³/mol. The molecule has 0 aromatic heterocycles. The molecule has 0 aromatic rings. The standard InChI is InChI=1S/C10H16O2/c1-4-6-7-9(3)8-10(11)12-5-2/h5,7H,2,4,6,8H2,1,3H3/b9-7+. The van der Waals surface area contributed by atoms with Gasteiger partial charge in [0.2, 0.25) is 0 Å². The molecule has 0 aromatic carbocycles. The molecule has 0 radical (unpaired) electrons. The first kappa shape index (κ1) is 11.0. The molecule has 2 nitrogen and oxygen atoms in total. The van der Waals surface area contributed by atoms with E-state index in [-0.39, 0.29) is 5.97 Å². The quantitative estimate of drug-likeness (QED) is 0.358. The molecule has 0 bridgehead atoms. The second kappa shape index (κ2) is 6.65. The molecule has 68 valence electrons. The monoisotopic (exact) mass is 168 g/mol. The van der Waals surface area contributed by atoms with E-state index in [2.05, 4.69) is 24.3 Å². The number of allylic oxidation sites excluding steroid dienone is 1. The molecular weight excluding hydrogens is 152 g/mol. The normalized spacial score (nSPS) is 11.0. The molecule has 2 heteroatoms. The first-order valence-electron chi connectivity index (χ1n) is 4.16. The summed E-state index contributed by atoms with van der Waals surface area (Å²) in [4.78, 5) is 10.9. The van der Waals surface area contributed by atoms with Crippen LogP contribution in [0.5, 0.6) is 0 Å². The summed E-state index contributed by atoms with van der Waals surface area (Å²) in [5, 5.41) is 0. The van der Waals surface area contributed by atoms with Crippen LogP contribution in [0.2, 0.25) is 0 Å². The van der Waals surface area contributed by atoms with Crippen molar-refractivity contribution in [3.05, 3.63) is 24.5 Å². The number of carbonyl (C=O) groups excluding carboxylic acids is 1. The molecule has 0 N–H and O–H groups in total. The highest BCUT2D eigenvalue weighted by atomic mass is 16.5. The largest absolute Gasteiger partial charge is 0.435 e. The average Bonchev–Trinajstić information content (AvgIpc) is 2.01. The van der Waals surface area contributed by atoms with Crippen molar-refractivity contribution in [2.45, 2.75) is 33.1 Å². The van der Waals surface area contributed by atoms with Crippen molar-refractivity contribution in [1.82, 2.24) is 0 Å². The van der Waals surface area contributed by atoms with E-state index in [1.165, 1.54) is 0 Å². The maximum Gasteiger partial charge on any atom is 0.314 e. The SMILES string of the molecule is C=COC(=O)C/C(C)=C/CCC. The van der Waals surface area contributed by atoms with Gasteiger partial charge in [0.05, 0.1) is 12.7 Å². The van der Waals surface area contributed by atoms with E-state index >= 15 is 0 Å². The smallest absolute Gasteiger partial charge is 0.314 e. The highest BCUT2D eigenvalue weighted by Gasteiger charge is 2.00. The number of esters is 1. The summed E-state index contributed by atoms with van der Waals surface area (Å²) in [6, 6.07) is 0. The molecule has 12 heavy (non-hydrogen) atoms. The van der Waals surface area contributed by atoms with Crippen LogP contribution in [0.1, 0.15) is 33.1 Å². The molecule has 0 aliphatic carbocycles. The Hall–Kier alpha value is -1.05. The van der Waals surface area contributed by atoms with E-state index in [0.717, 1.165) is 24.7 Å². The fourth-order valence-corrected chi connectivity index (χ4v) is 0.825. The Morgan fingerprint density at radius 1 is 1.58 bits per heavy atom. The van der Waals surface area contributed by atoms with Crippen LogP contribution in [-0.4, -0.2) is 5.97 Å². The van der Waals surface area contributed by atoms with E-state index in [1.54, 1.807) is 0 Å². The summed E-state index contributed by atoms with van der Waals surface area (Å²) in [6.45, 7) is 7.34. The summed E-state index contributed by atoms with van der Waals surface area (Å²) in [6.07, 6.45) is 5.72. The molecule has 0 atom stereocenters. The summed E-state index contributed by atoms with van der Waals surface area (Å²) in [5.74, 6) is -0.241. The Morgan fingerprint density at radius 3 is 2.75 bits per heavy atom. The molecule has 0 rings (SSSR count). The lowest BCUT2D eigenvalue weighted by Crippen LogP contribution is -1.99. The fourth-order valence-electron chi connectivity index (χ4n) is 0.825. The topological polar surface area (TPSA) is 26.3 Å². The van der Waals surface area contributed by atoms with Crippen LogP contribution in [-0.2, 0) is 9.53 Å². The molecule has 0 heterocycles. The Bertz CT molecular complexity index is 180. The van der Waals surface area contributed by atoms with Crippen molar-refractivity contribution in [2.24, 2.45) is 0 Å². The number of hydrogen-bond acceptors (Lipinski definition) is 2. The molecule has 0 spiro atoms. The van der Waals surface area contributed by atoms with Crippen LogP contribution >= 0.6 is 0 Å². The molecular formula is C10H16O2. The van der Waals surface area contributed by atoms with Gasteiger partial charge in [-0.2, -0.15) is 0 Å². The van der Waals surface area contributed by atoms with Gasteiger partial charge in [-0.1, -0.05) is 31.6 Å². The van der Waals surface area contributed by atoms with E-state index in [9.17, 15) is 4.79 Å². The maximum atomic E-state index is 10.9. The van der Waals surface area contributed by atoms with Crippen molar-refractivity contribution in [1.29, 1.82) is 0 Å². The average molecular weight is 168 g/mol. The molecule has 0 saturated carbocycles. The van der Waals surface area contributed by atoms with Gasteiger partial charge in [0.15, 0.2) is 0 Å². The first-order chi connectivity index (χ1) is 5.70. The van der Waals surface area contributed by atoms with Crippen molar-refractivity contribution in [3.63, 3.8) is 0 Å². The lowest BCUT2D eigenvalue weighted by atomic mass is 10.1. The van der Waals surface area contributed by atoms with Crippen molar-refractivity contribution < 1.29 is 9.53 Å². The number of carbonyl (C=O) groups is 1. The maximum absolute atomic E-state index is 10.9. The molecule has 0 fully saturated rings. The lowest BCUT2D eigenvalue weighted by molar-refractivity contribution is -0.137. The third-order valence-corrected chi connectivity index (χ3v) is 1.42. The highest BCUT2D eigenvalue weighted by molar-refractivity contribution is 5.72. The number of ether oxygens (including phenoxy) is 1. The van der Waals surface area contributed by atoms with Gasteiger partial charge < -0.3 is 4.74 Å². The summed E-state index contributed by atoms with van der Waals surface area (Å²) in [7, 11) is 0. The Balaban J connectivity index is 3.74. The van der Waals surface area contributed by atoms with Gasteiger partial charge in [-0.15, -0.1) is 0 Å². The third-order valence-electron chi connectivity index (χ3n) is 1.42. The first-order valence-corrected chi connectivity index (χ1v) is 4.16. The number of unbranched alkanes of at least 4 members (excludes halogenated alkanes) is 1. The fraction of sp³-hybridized carbons (Fsp3) is 0.500. The van der Waals surface area contributed by atoms with E-state index in [1.807, 2.05) is 6.92 Å². The second-order valence-electron chi connectivity index (χ2n) is 2.67. The number of hydrogen-bond donors (Lipinski definition) is 0. The van der Waals surface area contributed by atoms with Gasteiger partial charge in [-0.25, -0.2) is 0 Å². The molecule has 0 unspecified atom stereocenters. The van der Waals surface area contributed by atoms with Crippen LogP contribution < -0.4 is 0 Å². The van der Waals surface area contributed by atoms with E-state index in [4.69, 9.17) is 0 Å². The van der Waals surface area contributed by atoms with Gasteiger partial charge >= 0.3 is 5.97 Å². The van der Waals surface area contributed by atoms with Crippen LogP contribution in [0.3, 0.4) is 0 Å². The Kier molecular flexibility index (Phi) is 6.07. The minimum absolute atomic E-state index is 0.241. The number of rotatable bonds is 5. The minimum atomic E-state index is -0.241. The van der Waals surface area contributed by atoms with Crippen molar-refractivity contribution in [2.75, 3.05) is 0 Å². The van der Waals surface area contributed by atoms with Gasteiger partial charge in [0.1, 0.15) is 0 Å². The van der Waals surface area contributed by atoms with E-state index in [0.29, 0.717) is 6.42 Å². The van der Waals surface area contributed by atoms with Crippen LogP contribution in [0.25, 0.3) is 0 Å². The van der Waals surface area contributed by atoms with Crippen molar-refractivity contribution in [3.8, 4) is 0 Å². The van der Waals surface area contributed by atoms with Gasteiger partial charge in [0, 0.05) is 0 Å². The van der Waals surface area contributed by atoms with Gasteiger partial charge in [-0.05, 0) is 13.3 Å². The van der Waals surface area contributed by atoms with E-state index < -0.39 is 0 Å². The Morgan fingerprint density at radius 2 is 2.25 bits per heavy atom. The van der Waals surface area contributed by atoms with Gasteiger partial charge in [0.25, 0.3) is 0 Å². The summed E-state index contributed by atoms with van der Waals surface area (Å²) < 4.78 is 4.58. The zero-order valence-electron chi connectivity index (χ0n) is 7.80. The third kappa shape index (κ3) is 5.71. The van der Waals surface area contributed by atoms with Gasteiger partial charge in [-0.3, -0.25) is 4.79 Å². The zero-order valence-corrected chi connectivity index (χ0v) is 7.80. The molecule has 0 aliphatic rings. The highest BCUT2D eigenvalue weighted by Crippen LogP contribution is 2.04. The minimum Gasteiger partial charge on any atom is -0.435 e.